The molecule has 0 aliphatic rings. The summed E-state index contributed by atoms with van der Waals surface area (Å²) in [5, 5.41) is 14.2. The normalized spacial score (nSPS) is 13.7. The highest BCUT2D eigenvalue weighted by Crippen LogP contribution is 2.11. The Morgan fingerprint density at radius 3 is 2.21 bits per heavy atom. The first-order valence-electron chi connectivity index (χ1n) is 8.85. The Morgan fingerprint density at radius 1 is 1.11 bits per heavy atom. The fourth-order valence-corrected chi connectivity index (χ4v) is 2.54. The highest BCUT2D eigenvalue weighted by molar-refractivity contribution is 5.90. The maximum absolute atomic E-state index is 13.0. The Morgan fingerprint density at radius 2 is 1.71 bits per heavy atom. The van der Waals surface area contributed by atoms with E-state index in [9.17, 15) is 28.7 Å². The summed E-state index contributed by atoms with van der Waals surface area (Å²) in [5.74, 6) is -4.25. The Kier molecular flexibility index (Phi) is 9.07. The minimum absolute atomic E-state index is 0.0471. The van der Waals surface area contributed by atoms with E-state index in [-0.39, 0.29) is 19.4 Å². The number of carboxylic acids is 1. The van der Waals surface area contributed by atoms with Crippen LogP contribution in [-0.2, 0) is 30.3 Å². The number of aliphatic carboxylic acids is 1. The zero-order chi connectivity index (χ0) is 21.3. The number of hydrogen-bond acceptors (Lipinski definition) is 5. The van der Waals surface area contributed by atoms with Crippen molar-refractivity contribution >= 4 is 23.8 Å². The quantitative estimate of drug-likeness (QED) is 0.508. The Hall–Kier alpha value is -2.97. The maximum atomic E-state index is 13.0. The van der Waals surface area contributed by atoms with Gasteiger partial charge in [0.2, 0.25) is 11.8 Å². The molecule has 1 aromatic rings. The van der Waals surface area contributed by atoms with Crippen LogP contribution in [-0.4, -0.2) is 47.6 Å². The van der Waals surface area contributed by atoms with Crippen LogP contribution in [0.15, 0.2) is 24.3 Å². The molecule has 0 heterocycles. The van der Waals surface area contributed by atoms with Gasteiger partial charge < -0.3 is 20.5 Å². The summed E-state index contributed by atoms with van der Waals surface area (Å²) in [4.78, 5) is 47.2. The molecule has 0 aliphatic heterocycles. The molecule has 2 amide bonds. The van der Waals surface area contributed by atoms with Crippen LogP contribution >= 0.6 is 0 Å². The van der Waals surface area contributed by atoms with Gasteiger partial charge in [-0.3, -0.25) is 14.4 Å². The molecular weight excluding hydrogens is 371 g/mol. The third-order valence-corrected chi connectivity index (χ3v) is 3.94. The molecule has 8 nitrogen and oxygen atoms in total. The standard InChI is InChI=1S/C19H25FN2O6/c1-4-28-19(27)11(2)9-16(18(25)26)22-17(24)15(21-12(3)23)10-13-5-7-14(20)8-6-13/h5-8,11,15-16H,4,9-10H2,1-3H3,(H,21,23)(H,22,24)(H,25,26)/t11-,15+,16-/m1/s1. The van der Waals surface area contributed by atoms with Gasteiger partial charge >= 0.3 is 11.9 Å². The van der Waals surface area contributed by atoms with E-state index in [1.54, 1.807) is 6.92 Å². The molecule has 1 aromatic carbocycles. The van der Waals surface area contributed by atoms with E-state index in [1.165, 1.54) is 38.1 Å². The number of carboxylic acid groups (broad SMARTS) is 1. The fourth-order valence-electron chi connectivity index (χ4n) is 2.54. The molecule has 154 valence electrons. The topological polar surface area (TPSA) is 122 Å². The number of carbonyl (C=O) groups is 4. The van der Waals surface area contributed by atoms with Gasteiger partial charge in [0.1, 0.15) is 17.9 Å². The van der Waals surface area contributed by atoms with Gasteiger partial charge in [-0.1, -0.05) is 19.1 Å². The SMILES string of the molecule is CCOC(=O)[C@H](C)C[C@@H](NC(=O)[C@H](Cc1ccc(F)cc1)NC(C)=O)C(=O)O. The summed E-state index contributed by atoms with van der Waals surface area (Å²) >= 11 is 0. The van der Waals surface area contributed by atoms with Crippen molar-refractivity contribution in [3.63, 3.8) is 0 Å². The third-order valence-electron chi connectivity index (χ3n) is 3.94. The molecule has 0 saturated heterocycles. The molecule has 0 unspecified atom stereocenters. The second-order valence-electron chi connectivity index (χ2n) is 6.37. The molecule has 9 heteroatoms. The van der Waals surface area contributed by atoms with Crippen LogP contribution < -0.4 is 10.6 Å². The molecule has 0 radical (unpaired) electrons. The molecular formula is C19H25FN2O6. The number of carbonyl (C=O) groups excluding carboxylic acids is 3. The second-order valence-corrected chi connectivity index (χ2v) is 6.37. The van der Waals surface area contributed by atoms with Crippen molar-refractivity contribution < 1.29 is 33.4 Å². The predicted octanol–water partition coefficient (Wildman–Crippen LogP) is 1.03. The first-order valence-corrected chi connectivity index (χ1v) is 8.85. The van der Waals surface area contributed by atoms with Crippen LogP contribution in [0.4, 0.5) is 4.39 Å². The highest BCUT2D eigenvalue weighted by atomic mass is 19.1. The van der Waals surface area contributed by atoms with Crippen LogP contribution in [0.25, 0.3) is 0 Å². The lowest BCUT2D eigenvalue weighted by molar-refractivity contribution is -0.149. The first kappa shape index (κ1) is 23.1. The number of amides is 2. The van der Waals surface area contributed by atoms with Crippen LogP contribution in [0.5, 0.6) is 0 Å². The molecule has 0 aliphatic carbocycles. The van der Waals surface area contributed by atoms with E-state index < -0.39 is 47.6 Å². The van der Waals surface area contributed by atoms with Crippen molar-refractivity contribution in [1.82, 2.24) is 10.6 Å². The Bertz CT molecular complexity index is 707. The molecule has 3 N–H and O–H groups in total. The van der Waals surface area contributed by atoms with Gasteiger partial charge in [0.25, 0.3) is 0 Å². The largest absolute Gasteiger partial charge is 0.480 e. The summed E-state index contributed by atoms with van der Waals surface area (Å²) in [6.45, 7) is 4.52. The van der Waals surface area contributed by atoms with E-state index in [2.05, 4.69) is 10.6 Å². The number of rotatable bonds is 10. The molecule has 0 fully saturated rings. The Labute approximate surface area is 162 Å². The van der Waals surface area contributed by atoms with E-state index in [1.807, 2.05) is 0 Å². The first-order chi connectivity index (χ1) is 13.1. The molecule has 0 bridgehead atoms. The predicted molar refractivity (Wildman–Crippen MR) is 97.7 cm³/mol. The minimum atomic E-state index is -1.34. The summed E-state index contributed by atoms with van der Waals surface area (Å²) in [5.41, 5.74) is 0.585. The molecule has 1 rings (SSSR count). The lowest BCUT2D eigenvalue weighted by Crippen LogP contribution is -2.52. The van der Waals surface area contributed by atoms with Crippen molar-refractivity contribution in [1.29, 1.82) is 0 Å². The summed E-state index contributed by atoms with van der Waals surface area (Å²) < 4.78 is 17.9. The van der Waals surface area contributed by atoms with Crippen LogP contribution in [0, 0.1) is 11.7 Å². The number of ether oxygens (including phenoxy) is 1. The second kappa shape index (κ2) is 11.0. The number of hydrogen-bond donors (Lipinski definition) is 3. The van der Waals surface area contributed by atoms with Gasteiger partial charge in [0.15, 0.2) is 0 Å². The van der Waals surface area contributed by atoms with Gasteiger partial charge in [-0.25, -0.2) is 9.18 Å². The minimum Gasteiger partial charge on any atom is -0.480 e. The molecule has 28 heavy (non-hydrogen) atoms. The average molecular weight is 396 g/mol. The molecule has 0 spiro atoms. The third kappa shape index (κ3) is 7.73. The van der Waals surface area contributed by atoms with Gasteiger partial charge in [-0.2, -0.15) is 0 Å². The number of esters is 1. The van der Waals surface area contributed by atoms with Crippen LogP contribution in [0.1, 0.15) is 32.8 Å². The van der Waals surface area contributed by atoms with Crippen molar-refractivity contribution in [3.8, 4) is 0 Å². The lowest BCUT2D eigenvalue weighted by Gasteiger charge is -2.22. The van der Waals surface area contributed by atoms with Gasteiger partial charge in [0, 0.05) is 13.3 Å². The fraction of sp³-hybridized carbons (Fsp3) is 0.474. The smallest absolute Gasteiger partial charge is 0.326 e. The molecule has 0 saturated carbocycles. The van der Waals surface area contributed by atoms with E-state index >= 15 is 0 Å². The monoisotopic (exact) mass is 396 g/mol. The Balaban J connectivity index is 2.86. The van der Waals surface area contributed by atoms with E-state index in [0.29, 0.717) is 5.56 Å². The van der Waals surface area contributed by atoms with Crippen molar-refractivity contribution in [3.05, 3.63) is 35.6 Å². The molecule has 0 aromatic heterocycles. The number of benzene rings is 1. The number of halogens is 1. The van der Waals surface area contributed by atoms with Gasteiger partial charge in [-0.15, -0.1) is 0 Å². The zero-order valence-electron chi connectivity index (χ0n) is 16.0. The van der Waals surface area contributed by atoms with Gasteiger partial charge in [0.05, 0.1) is 12.5 Å². The number of nitrogens with one attached hydrogen (secondary N) is 2. The van der Waals surface area contributed by atoms with E-state index in [0.717, 1.165) is 0 Å². The zero-order valence-corrected chi connectivity index (χ0v) is 16.0. The maximum Gasteiger partial charge on any atom is 0.326 e. The lowest BCUT2D eigenvalue weighted by atomic mass is 10.0. The average Bonchev–Trinajstić information content (AvgIpc) is 2.61. The summed E-state index contributed by atoms with van der Waals surface area (Å²) in [7, 11) is 0. The molecule has 3 atom stereocenters. The van der Waals surface area contributed by atoms with Crippen molar-refractivity contribution in [2.45, 2.75) is 45.7 Å². The van der Waals surface area contributed by atoms with Crippen LogP contribution in [0.2, 0.25) is 0 Å². The summed E-state index contributed by atoms with van der Waals surface area (Å²) in [6.07, 6.45) is -0.116. The van der Waals surface area contributed by atoms with Crippen molar-refractivity contribution in [2.75, 3.05) is 6.61 Å². The van der Waals surface area contributed by atoms with Crippen LogP contribution in [0.3, 0.4) is 0 Å². The summed E-state index contributed by atoms with van der Waals surface area (Å²) in [6, 6.07) is 2.99. The highest BCUT2D eigenvalue weighted by Gasteiger charge is 2.29. The van der Waals surface area contributed by atoms with Gasteiger partial charge in [-0.05, 0) is 31.0 Å². The van der Waals surface area contributed by atoms with E-state index in [4.69, 9.17) is 4.74 Å². The van der Waals surface area contributed by atoms with Crippen molar-refractivity contribution in [2.24, 2.45) is 5.92 Å².